The smallest absolute Gasteiger partial charge is 0.127 e. The Labute approximate surface area is 169 Å². The van der Waals surface area contributed by atoms with Crippen molar-refractivity contribution in [1.82, 2.24) is 14.9 Å². The minimum Gasteiger partial charge on any atom is -0.487 e. The van der Waals surface area contributed by atoms with E-state index >= 15 is 0 Å². The van der Waals surface area contributed by atoms with Crippen molar-refractivity contribution in [3.05, 3.63) is 84.7 Å². The van der Waals surface area contributed by atoms with Crippen LogP contribution in [0.5, 0.6) is 5.75 Å². The normalized spacial score (nSPS) is 14.6. The maximum absolute atomic E-state index is 6.34. The van der Waals surface area contributed by atoms with Crippen LogP contribution in [-0.2, 0) is 6.54 Å². The molecule has 0 radical (unpaired) electrons. The Morgan fingerprint density at radius 3 is 2.59 bits per heavy atom. The molecule has 144 valence electrons. The van der Waals surface area contributed by atoms with Gasteiger partial charge in [0.05, 0.1) is 5.69 Å². The van der Waals surface area contributed by atoms with Crippen LogP contribution in [0.1, 0.15) is 5.56 Å². The molecule has 5 rings (SSSR count). The summed E-state index contributed by atoms with van der Waals surface area (Å²) in [7, 11) is 0. The standard InChI is InChI=1S/C24H22N4O/c25-24-9-3-8-22(27-24)20-10-11-23(21-7-2-1-6-19(20)21)29-18-15-28(16-18)14-17-5-4-12-26-13-17/h1-13,18H,14-16H2,(H2,25,27). The van der Waals surface area contributed by atoms with Crippen LogP contribution >= 0.6 is 0 Å². The van der Waals surface area contributed by atoms with Gasteiger partial charge in [-0.3, -0.25) is 9.88 Å². The van der Waals surface area contributed by atoms with E-state index in [1.54, 1.807) is 12.3 Å². The third-order valence-corrected chi connectivity index (χ3v) is 5.28. The molecule has 4 aromatic rings. The van der Waals surface area contributed by atoms with E-state index in [0.717, 1.165) is 47.4 Å². The van der Waals surface area contributed by atoms with Gasteiger partial charge in [0.2, 0.25) is 0 Å². The van der Waals surface area contributed by atoms with Crippen LogP contribution in [0.15, 0.2) is 79.1 Å². The number of anilines is 1. The van der Waals surface area contributed by atoms with Crippen molar-refractivity contribution >= 4 is 16.6 Å². The van der Waals surface area contributed by atoms with Crippen LogP contribution < -0.4 is 10.5 Å². The zero-order valence-corrected chi connectivity index (χ0v) is 16.0. The molecule has 1 saturated heterocycles. The van der Waals surface area contributed by atoms with Gasteiger partial charge >= 0.3 is 0 Å². The molecule has 2 aromatic heterocycles. The van der Waals surface area contributed by atoms with E-state index in [-0.39, 0.29) is 6.10 Å². The number of hydrogen-bond acceptors (Lipinski definition) is 5. The molecule has 0 aliphatic carbocycles. The molecular formula is C24H22N4O. The molecule has 5 nitrogen and oxygen atoms in total. The highest BCUT2D eigenvalue weighted by atomic mass is 16.5. The number of ether oxygens (including phenoxy) is 1. The summed E-state index contributed by atoms with van der Waals surface area (Å²) >= 11 is 0. The number of fused-ring (bicyclic) bond motifs is 1. The lowest BCUT2D eigenvalue weighted by atomic mass is 10.0. The number of aromatic nitrogens is 2. The maximum Gasteiger partial charge on any atom is 0.127 e. The Balaban J connectivity index is 1.35. The van der Waals surface area contributed by atoms with Crippen LogP contribution in [0.2, 0.25) is 0 Å². The van der Waals surface area contributed by atoms with Gasteiger partial charge in [0, 0.05) is 43.0 Å². The van der Waals surface area contributed by atoms with Gasteiger partial charge in [-0.2, -0.15) is 0 Å². The first kappa shape index (κ1) is 17.6. The number of likely N-dealkylation sites (tertiary alicyclic amines) is 1. The van der Waals surface area contributed by atoms with Gasteiger partial charge in [-0.05, 0) is 41.3 Å². The second-order valence-electron chi connectivity index (χ2n) is 7.40. The van der Waals surface area contributed by atoms with E-state index in [0.29, 0.717) is 5.82 Å². The second-order valence-corrected chi connectivity index (χ2v) is 7.40. The minimum atomic E-state index is 0.200. The van der Waals surface area contributed by atoms with Crippen LogP contribution in [0.3, 0.4) is 0 Å². The van der Waals surface area contributed by atoms with E-state index < -0.39 is 0 Å². The lowest BCUT2D eigenvalue weighted by Crippen LogP contribution is -2.53. The molecule has 2 aromatic carbocycles. The zero-order valence-electron chi connectivity index (χ0n) is 16.0. The highest BCUT2D eigenvalue weighted by Gasteiger charge is 2.28. The molecule has 0 unspecified atom stereocenters. The second kappa shape index (κ2) is 7.53. The Morgan fingerprint density at radius 2 is 1.79 bits per heavy atom. The molecule has 0 atom stereocenters. The molecule has 2 N–H and O–H groups in total. The summed E-state index contributed by atoms with van der Waals surface area (Å²) in [5.74, 6) is 1.44. The number of hydrogen-bond donors (Lipinski definition) is 1. The van der Waals surface area contributed by atoms with Crippen LogP contribution in [-0.4, -0.2) is 34.1 Å². The lowest BCUT2D eigenvalue weighted by Gasteiger charge is -2.39. The summed E-state index contributed by atoms with van der Waals surface area (Å²) in [6, 6.07) is 22.2. The molecule has 5 heteroatoms. The maximum atomic E-state index is 6.34. The predicted molar refractivity (Wildman–Crippen MR) is 116 cm³/mol. The van der Waals surface area contributed by atoms with E-state index in [1.165, 1.54) is 5.56 Å². The summed E-state index contributed by atoms with van der Waals surface area (Å²) in [4.78, 5) is 11.0. The monoisotopic (exact) mass is 382 g/mol. The topological polar surface area (TPSA) is 64.3 Å². The number of nitrogens with two attached hydrogens (primary N) is 1. The summed E-state index contributed by atoms with van der Waals surface area (Å²) in [5, 5.41) is 2.22. The predicted octanol–water partition coefficient (Wildman–Crippen LogP) is 4.14. The Bertz CT molecular complexity index is 1140. The molecule has 3 heterocycles. The molecule has 1 fully saturated rings. The van der Waals surface area contributed by atoms with Crippen molar-refractivity contribution in [2.75, 3.05) is 18.8 Å². The number of pyridine rings is 2. The molecule has 29 heavy (non-hydrogen) atoms. The summed E-state index contributed by atoms with van der Waals surface area (Å²) in [6.45, 7) is 2.75. The highest BCUT2D eigenvalue weighted by Crippen LogP contribution is 2.35. The first-order chi connectivity index (χ1) is 14.3. The first-order valence-corrected chi connectivity index (χ1v) is 9.79. The van der Waals surface area contributed by atoms with Crippen LogP contribution in [0.25, 0.3) is 22.0 Å². The van der Waals surface area contributed by atoms with Crippen molar-refractivity contribution in [3.8, 4) is 17.0 Å². The van der Waals surface area contributed by atoms with Crippen molar-refractivity contribution in [3.63, 3.8) is 0 Å². The fourth-order valence-electron chi connectivity index (χ4n) is 3.85. The molecule has 0 saturated carbocycles. The van der Waals surface area contributed by atoms with Gasteiger partial charge in [-0.25, -0.2) is 4.98 Å². The Morgan fingerprint density at radius 1 is 0.931 bits per heavy atom. The van der Waals surface area contributed by atoms with Crippen LogP contribution in [0, 0.1) is 0 Å². The van der Waals surface area contributed by atoms with Gasteiger partial charge in [0.15, 0.2) is 0 Å². The van der Waals surface area contributed by atoms with E-state index in [4.69, 9.17) is 10.5 Å². The van der Waals surface area contributed by atoms with Crippen molar-refractivity contribution in [2.24, 2.45) is 0 Å². The van der Waals surface area contributed by atoms with Crippen molar-refractivity contribution < 1.29 is 4.74 Å². The number of nitrogen functional groups attached to an aromatic ring is 1. The number of benzene rings is 2. The summed E-state index contributed by atoms with van der Waals surface area (Å²) < 4.78 is 6.34. The number of nitrogens with zero attached hydrogens (tertiary/aromatic N) is 3. The third kappa shape index (κ3) is 3.65. The fraction of sp³-hybridized carbons (Fsp3) is 0.167. The van der Waals surface area contributed by atoms with Crippen LogP contribution in [0.4, 0.5) is 5.82 Å². The van der Waals surface area contributed by atoms with Gasteiger partial charge < -0.3 is 10.5 Å². The number of rotatable bonds is 5. The Kier molecular flexibility index (Phi) is 4.58. The van der Waals surface area contributed by atoms with Gasteiger partial charge in [0.1, 0.15) is 17.7 Å². The van der Waals surface area contributed by atoms with E-state index in [1.807, 2.05) is 42.6 Å². The molecular weight excluding hydrogens is 360 g/mol. The van der Waals surface area contributed by atoms with Gasteiger partial charge in [-0.1, -0.05) is 36.4 Å². The quantitative estimate of drug-likeness (QED) is 0.562. The lowest BCUT2D eigenvalue weighted by molar-refractivity contribution is 0.0154. The summed E-state index contributed by atoms with van der Waals surface area (Å²) in [5.41, 5.74) is 9.05. The van der Waals surface area contributed by atoms with Gasteiger partial charge in [0.25, 0.3) is 0 Å². The first-order valence-electron chi connectivity index (χ1n) is 9.79. The largest absolute Gasteiger partial charge is 0.487 e. The van der Waals surface area contributed by atoms with E-state index in [2.05, 4.69) is 39.1 Å². The molecule has 0 bridgehead atoms. The van der Waals surface area contributed by atoms with Gasteiger partial charge in [-0.15, -0.1) is 0 Å². The molecule has 0 amide bonds. The minimum absolute atomic E-state index is 0.200. The van der Waals surface area contributed by atoms with Crippen molar-refractivity contribution in [2.45, 2.75) is 12.6 Å². The van der Waals surface area contributed by atoms with Crippen molar-refractivity contribution in [1.29, 1.82) is 0 Å². The molecule has 0 spiro atoms. The summed E-state index contributed by atoms with van der Waals surface area (Å²) in [6.07, 6.45) is 3.93. The zero-order chi connectivity index (χ0) is 19.6. The molecule has 1 aliphatic rings. The average molecular weight is 382 g/mol. The fourth-order valence-corrected chi connectivity index (χ4v) is 3.85. The van der Waals surface area contributed by atoms with E-state index in [9.17, 15) is 0 Å². The third-order valence-electron chi connectivity index (χ3n) is 5.28. The Hall–Kier alpha value is -3.44. The SMILES string of the molecule is Nc1cccc(-c2ccc(OC3CN(Cc4cccnc4)C3)c3ccccc23)n1. The molecule has 1 aliphatic heterocycles. The highest BCUT2D eigenvalue weighted by molar-refractivity contribution is 5.99. The average Bonchev–Trinajstić information content (AvgIpc) is 2.73.